The molecule has 1 N–H and O–H groups in total. The number of carbonyl (C=O) groups is 1. The van der Waals surface area contributed by atoms with Gasteiger partial charge in [0.1, 0.15) is 0 Å². The molecule has 3 nitrogen and oxygen atoms in total. The van der Waals surface area contributed by atoms with E-state index in [1.165, 1.54) is 57.8 Å². The summed E-state index contributed by atoms with van der Waals surface area (Å²) in [5.41, 5.74) is 0.310. The number of methoxy groups -OCH3 is 1. The highest BCUT2D eigenvalue weighted by molar-refractivity contribution is 5.82. The molecule has 3 aliphatic carbocycles. The van der Waals surface area contributed by atoms with Crippen LogP contribution in [0.2, 0.25) is 0 Å². The van der Waals surface area contributed by atoms with Crippen LogP contribution in [-0.2, 0) is 9.53 Å². The first kappa shape index (κ1) is 15.3. The fraction of sp³-hybridized carbons (Fsp3) is 0.944. The van der Waals surface area contributed by atoms with Crippen LogP contribution >= 0.6 is 0 Å². The van der Waals surface area contributed by atoms with Gasteiger partial charge < -0.3 is 10.1 Å². The molecule has 0 aromatic carbocycles. The Morgan fingerprint density at radius 1 is 1.10 bits per heavy atom. The van der Waals surface area contributed by atoms with Gasteiger partial charge in [0.05, 0.1) is 0 Å². The molecule has 0 spiro atoms. The van der Waals surface area contributed by atoms with E-state index in [1.54, 1.807) is 7.11 Å². The van der Waals surface area contributed by atoms with Gasteiger partial charge in [-0.05, 0) is 49.4 Å². The number of rotatable bonds is 6. The zero-order chi connectivity index (χ0) is 14.7. The molecule has 1 unspecified atom stereocenters. The third kappa shape index (κ3) is 3.44. The summed E-state index contributed by atoms with van der Waals surface area (Å²) in [6, 6.07) is 0. The van der Waals surface area contributed by atoms with E-state index in [4.69, 9.17) is 4.74 Å². The van der Waals surface area contributed by atoms with Gasteiger partial charge in [0.15, 0.2) is 0 Å². The van der Waals surface area contributed by atoms with E-state index in [0.717, 1.165) is 31.4 Å². The van der Waals surface area contributed by atoms with Crippen LogP contribution in [0.4, 0.5) is 0 Å². The molecule has 0 aliphatic heterocycles. The lowest BCUT2D eigenvalue weighted by molar-refractivity contribution is -0.123. The number of amides is 1. The predicted molar refractivity (Wildman–Crippen MR) is 84.0 cm³/mol. The molecule has 0 saturated heterocycles. The molecule has 1 amide bonds. The van der Waals surface area contributed by atoms with Gasteiger partial charge in [0.2, 0.25) is 5.91 Å². The van der Waals surface area contributed by atoms with Gasteiger partial charge in [0, 0.05) is 26.2 Å². The second-order valence-corrected chi connectivity index (χ2v) is 7.66. The Hall–Kier alpha value is -0.570. The molecule has 3 atom stereocenters. The summed E-state index contributed by atoms with van der Waals surface area (Å²) < 4.78 is 5.30. The number of carbonyl (C=O) groups excluding carboxylic acids is 1. The first-order valence-corrected chi connectivity index (χ1v) is 9.02. The standard InChI is InChI=1S/C18H31NO2/c1-21-12-11-18(9-5-2-6-10-18)13-19-17(20)16-14-7-3-4-8-15(14)16/h14-16H,2-13H2,1H3,(H,19,20)/t14-,15+,16?. The molecule has 3 aliphatic rings. The van der Waals surface area contributed by atoms with E-state index >= 15 is 0 Å². The Morgan fingerprint density at radius 2 is 1.76 bits per heavy atom. The van der Waals surface area contributed by atoms with Gasteiger partial charge in [0.25, 0.3) is 0 Å². The van der Waals surface area contributed by atoms with Crippen LogP contribution in [-0.4, -0.2) is 26.2 Å². The minimum atomic E-state index is 0.310. The smallest absolute Gasteiger partial charge is 0.223 e. The average Bonchev–Trinajstić information content (AvgIpc) is 3.26. The average molecular weight is 293 g/mol. The lowest BCUT2D eigenvalue weighted by Gasteiger charge is -2.37. The van der Waals surface area contributed by atoms with Crippen molar-refractivity contribution < 1.29 is 9.53 Å². The Kier molecular flexibility index (Phi) is 4.88. The lowest BCUT2D eigenvalue weighted by Crippen LogP contribution is -2.40. The number of ether oxygens (including phenoxy) is 1. The first-order chi connectivity index (χ1) is 10.3. The molecule has 21 heavy (non-hydrogen) atoms. The molecule has 3 rings (SSSR count). The fourth-order valence-electron chi connectivity index (χ4n) is 4.91. The maximum atomic E-state index is 12.5. The maximum Gasteiger partial charge on any atom is 0.223 e. The van der Waals surface area contributed by atoms with Crippen molar-refractivity contribution in [3.05, 3.63) is 0 Å². The normalized spacial score (nSPS) is 34.0. The van der Waals surface area contributed by atoms with E-state index < -0.39 is 0 Å². The molecular weight excluding hydrogens is 262 g/mol. The van der Waals surface area contributed by atoms with Crippen molar-refractivity contribution in [2.24, 2.45) is 23.2 Å². The Bertz CT molecular complexity index is 350. The van der Waals surface area contributed by atoms with E-state index in [2.05, 4.69) is 5.32 Å². The summed E-state index contributed by atoms with van der Waals surface area (Å²) in [5, 5.41) is 3.33. The topological polar surface area (TPSA) is 38.3 Å². The highest BCUT2D eigenvalue weighted by Gasteiger charge is 2.54. The number of fused-ring (bicyclic) bond motifs is 1. The number of hydrogen-bond donors (Lipinski definition) is 1. The van der Waals surface area contributed by atoms with Crippen LogP contribution in [0.15, 0.2) is 0 Å². The van der Waals surface area contributed by atoms with Crippen molar-refractivity contribution in [2.45, 2.75) is 64.2 Å². The Balaban J connectivity index is 1.50. The molecule has 3 fully saturated rings. The Morgan fingerprint density at radius 3 is 2.38 bits per heavy atom. The molecule has 0 heterocycles. The fourth-order valence-corrected chi connectivity index (χ4v) is 4.91. The molecular formula is C18H31NO2. The second-order valence-electron chi connectivity index (χ2n) is 7.66. The highest BCUT2D eigenvalue weighted by Crippen LogP contribution is 2.55. The summed E-state index contributed by atoms with van der Waals surface area (Å²) in [5.74, 6) is 2.16. The molecule has 3 heteroatoms. The van der Waals surface area contributed by atoms with Gasteiger partial charge in [-0.1, -0.05) is 32.1 Å². The van der Waals surface area contributed by atoms with Gasteiger partial charge in [-0.2, -0.15) is 0 Å². The summed E-state index contributed by atoms with van der Waals surface area (Å²) in [6.45, 7) is 1.70. The van der Waals surface area contributed by atoms with Crippen molar-refractivity contribution in [1.82, 2.24) is 5.32 Å². The SMILES string of the molecule is COCCC1(CNC(=O)C2[C@H]3CCCC[C@@H]23)CCCCC1. The van der Waals surface area contributed by atoms with Gasteiger partial charge in [-0.25, -0.2) is 0 Å². The minimum absolute atomic E-state index is 0.310. The van der Waals surface area contributed by atoms with E-state index in [-0.39, 0.29) is 0 Å². The van der Waals surface area contributed by atoms with Crippen molar-refractivity contribution in [3.8, 4) is 0 Å². The molecule has 0 aromatic heterocycles. The maximum absolute atomic E-state index is 12.5. The zero-order valence-corrected chi connectivity index (χ0v) is 13.5. The number of nitrogens with one attached hydrogen (secondary N) is 1. The van der Waals surface area contributed by atoms with Crippen LogP contribution in [0, 0.1) is 23.2 Å². The molecule has 3 saturated carbocycles. The summed E-state index contributed by atoms with van der Waals surface area (Å²) in [6.07, 6.45) is 12.8. The monoisotopic (exact) mass is 293 g/mol. The second kappa shape index (κ2) is 6.68. The van der Waals surface area contributed by atoms with Gasteiger partial charge in [-0.15, -0.1) is 0 Å². The number of hydrogen-bond acceptors (Lipinski definition) is 2. The van der Waals surface area contributed by atoms with Crippen LogP contribution in [0.3, 0.4) is 0 Å². The van der Waals surface area contributed by atoms with Crippen LogP contribution < -0.4 is 5.32 Å². The first-order valence-electron chi connectivity index (χ1n) is 9.02. The molecule has 0 radical (unpaired) electrons. The highest BCUT2D eigenvalue weighted by atomic mass is 16.5. The van der Waals surface area contributed by atoms with Crippen LogP contribution in [0.1, 0.15) is 64.2 Å². The molecule has 0 bridgehead atoms. The summed E-state index contributed by atoms with van der Waals surface area (Å²) in [4.78, 5) is 12.5. The van der Waals surface area contributed by atoms with E-state index in [9.17, 15) is 4.79 Å². The Labute approximate surface area is 129 Å². The largest absolute Gasteiger partial charge is 0.385 e. The van der Waals surface area contributed by atoms with Gasteiger partial charge >= 0.3 is 0 Å². The van der Waals surface area contributed by atoms with Crippen LogP contribution in [0.5, 0.6) is 0 Å². The third-order valence-electron chi connectivity index (χ3n) is 6.35. The van der Waals surface area contributed by atoms with Crippen molar-refractivity contribution in [3.63, 3.8) is 0 Å². The van der Waals surface area contributed by atoms with Crippen molar-refractivity contribution >= 4 is 5.91 Å². The van der Waals surface area contributed by atoms with E-state index in [1.807, 2.05) is 0 Å². The summed E-state index contributed by atoms with van der Waals surface area (Å²) >= 11 is 0. The van der Waals surface area contributed by atoms with Crippen LogP contribution in [0.25, 0.3) is 0 Å². The third-order valence-corrected chi connectivity index (χ3v) is 6.35. The lowest BCUT2D eigenvalue weighted by atomic mass is 9.72. The zero-order valence-electron chi connectivity index (χ0n) is 13.5. The minimum Gasteiger partial charge on any atom is -0.385 e. The van der Waals surface area contributed by atoms with Crippen molar-refractivity contribution in [2.75, 3.05) is 20.3 Å². The van der Waals surface area contributed by atoms with E-state index in [0.29, 0.717) is 17.2 Å². The van der Waals surface area contributed by atoms with Gasteiger partial charge in [-0.3, -0.25) is 4.79 Å². The van der Waals surface area contributed by atoms with Crippen molar-refractivity contribution in [1.29, 1.82) is 0 Å². The quantitative estimate of drug-likeness (QED) is 0.813. The summed E-state index contributed by atoms with van der Waals surface area (Å²) in [7, 11) is 1.78. The molecule has 120 valence electrons. The predicted octanol–water partition coefficient (Wildman–Crippen LogP) is 3.53. The molecule has 0 aromatic rings.